The van der Waals surface area contributed by atoms with Gasteiger partial charge in [-0.1, -0.05) is 36.2 Å². The van der Waals surface area contributed by atoms with Crippen molar-refractivity contribution in [2.75, 3.05) is 19.6 Å². The van der Waals surface area contributed by atoms with Crippen molar-refractivity contribution in [3.8, 4) is 0 Å². The SMILES string of the molecule is O=C(CN1CCCC[C@H]1c1ccccn1)NCCc1cccc(Cl)c1. The van der Waals surface area contributed by atoms with Gasteiger partial charge in [-0.3, -0.25) is 14.7 Å². The van der Waals surface area contributed by atoms with Crippen LogP contribution in [0.3, 0.4) is 0 Å². The van der Waals surface area contributed by atoms with Gasteiger partial charge in [-0.05, 0) is 55.6 Å². The largest absolute Gasteiger partial charge is 0.355 e. The first kappa shape index (κ1) is 17.9. The maximum absolute atomic E-state index is 12.3. The molecule has 1 aliphatic heterocycles. The molecule has 1 aromatic heterocycles. The van der Waals surface area contributed by atoms with Crippen LogP contribution in [-0.2, 0) is 11.2 Å². The second-order valence-corrected chi connectivity index (χ2v) is 6.90. The van der Waals surface area contributed by atoms with Gasteiger partial charge < -0.3 is 5.32 Å². The van der Waals surface area contributed by atoms with Crippen LogP contribution in [0.5, 0.6) is 0 Å². The Morgan fingerprint density at radius 2 is 2.16 bits per heavy atom. The third-order valence-corrected chi connectivity index (χ3v) is 4.85. The second kappa shape index (κ2) is 8.97. The lowest BCUT2D eigenvalue weighted by molar-refractivity contribution is -0.123. The summed E-state index contributed by atoms with van der Waals surface area (Å²) in [5, 5.41) is 3.76. The number of nitrogens with zero attached hydrogens (tertiary/aromatic N) is 2. The van der Waals surface area contributed by atoms with Gasteiger partial charge in [0.2, 0.25) is 5.91 Å². The Morgan fingerprint density at radius 1 is 1.24 bits per heavy atom. The molecule has 1 atom stereocenters. The molecule has 4 nitrogen and oxygen atoms in total. The molecule has 132 valence electrons. The van der Waals surface area contributed by atoms with Crippen LogP contribution in [0.25, 0.3) is 0 Å². The minimum atomic E-state index is 0.0739. The average molecular weight is 358 g/mol. The first-order chi connectivity index (χ1) is 12.2. The molecule has 25 heavy (non-hydrogen) atoms. The molecular weight excluding hydrogens is 334 g/mol. The van der Waals surface area contributed by atoms with Gasteiger partial charge in [0, 0.05) is 17.8 Å². The van der Waals surface area contributed by atoms with E-state index in [1.807, 2.05) is 42.6 Å². The van der Waals surface area contributed by atoms with Crippen LogP contribution >= 0.6 is 11.6 Å². The van der Waals surface area contributed by atoms with Crippen molar-refractivity contribution >= 4 is 17.5 Å². The van der Waals surface area contributed by atoms with Gasteiger partial charge in [0.05, 0.1) is 18.3 Å². The number of carbonyl (C=O) groups is 1. The number of hydrogen-bond acceptors (Lipinski definition) is 3. The van der Waals surface area contributed by atoms with E-state index < -0.39 is 0 Å². The molecule has 1 amide bonds. The van der Waals surface area contributed by atoms with E-state index >= 15 is 0 Å². The van der Waals surface area contributed by atoms with Crippen LogP contribution in [0.1, 0.15) is 36.6 Å². The molecule has 2 heterocycles. The average Bonchev–Trinajstić information content (AvgIpc) is 2.63. The molecule has 0 saturated carbocycles. The Morgan fingerprint density at radius 3 is 2.96 bits per heavy atom. The van der Waals surface area contributed by atoms with E-state index in [-0.39, 0.29) is 11.9 Å². The minimum absolute atomic E-state index is 0.0739. The maximum atomic E-state index is 12.3. The number of carbonyl (C=O) groups excluding carboxylic acids is 1. The summed E-state index contributed by atoms with van der Waals surface area (Å²) in [6, 6.07) is 14.0. The van der Waals surface area contributed by atoms with Gasteiger partial charge >= 0.3 is 0 Å². The smallest absolute Gasteiger partial charge is 0.234 e. The number of amides is 1. The number of piperidine rings is 1. The molecular formula is C20H24ClN3O. The van der Waals surface area contributed by atoms with Crippen LogP contribution < -0.4 is 5.32 Å². The molecule has 2 aromatic rings. The summed E-state index contributed by atoms with van der Waals surface area (Å²) >= 11 is 5.99. The highest BCUT2D eigenvalue weighted by Crippen LogP contribution is 2.29. The Bertz CT molecular complexity index is 692. The first-order valence-corrected chi connectivity index (χ1v) is 9.26. The Balaban J connectivity index is 1.50. The Labute approximate surface area is 154 Å². The molecule has 5 heteroatoms. The van der Waals surface area contributed by atoms with Crippen molar-refractivity contribution < 1.29 is 4.79 Å². The monoisotopic (exact) mass is 357 g/mol. The summed E-state index contributed by atoms with van der Waals surface area (Å²) in [5.74, 6) is 0.0739. The van der Waals surface area contributed by atoms with Crippen molar-refractivity contribution in [2.45, 2.75) is 31.7 Å². The number of rotatable bonds is 6. The van der Waals surface area contributed by atoms with Gasteiger partial charge in [0.1, 0.15) is 0 Å². The highest BCUT2D eigenvalue weighted by molar-refractivity contribution is 6.30. The van der Waals surface area contributed by atoms with Crippen molar-refractivity contribution in [1.29, 1.82) is 0 Å². The van der Waals surface area contributed by atoms with Crippen molar-refractivity contribution in [3.63, 3.8) is 0 Å². The fourth-order valence-electron chi connectivity index (χ4n) is 3.37. The normalized spacial score (nSPS) is 18.0. The van der Waals surface area contributed by atoms with Gasteiger partial charge in [-0.25, -0.2) is 0 Å². The number of hydrogen-bond donors (Lipinski definition) is 1. The fraction of sp³-hybridized carbons (Fsp3) is 0.400. The number of halogens is 1. The molecule has 3 rings (SSSR count). The van der Waals surface area contributed by atoms with E-state index in [0.29, 0.717) is 13.1 Å². The zero-order chi connectivity index (χ0) is 17.5. The molecule has 0 unspecified atom stereocenters. The molecule has 1 aromatic carbocycles. The number of likely N-dealkylation sites (tertiary alicyclic amines) is 1. The van der Waals surface area contributed by atoms with Crippen molar-refractivity contribution in [3.05, 3.63) is 64.9 Å². The van der Waals surface area contributed by atoms with E-state index in [1.165, 1.54) is 6.42 Å². The molecule has 1 fully saturated rings. The van der Waals surface area contributed by atoms with Crippen molar-refractivity contribution in [2.24, 2.45) is 0 Å². The highest BCUT2D eigenvalue weighted by atomic mass is 35.5. The van der Waals surface area contributed by atoms with E-state index in [4.69, 9.17) is 11.6 Å². The number of aromatic nitrogens is 1. The molecule has 0 bridgehead atoms. The topological polar surface area (TPSA) is 45.2 Å². The molecule has 1 aliphatic rings. The van der Waals surface area contributed by atoms with E-state index in [1.54, 1.807) is 0 Å². The predicted molar refractivity (Wildman–Crippen MR) is 101 cm³/mol. The van der Waals surface area contributed by atoms with Gasteiger partial charge in [0.15, 0.2) is 0 Å². The van der Waals surface area contributed by atoms with Crippen molar-refractivity contribution in [1.82, 2.24) is 15.2 Å². The summed E-state index contributed by atoms with van der Waals surface area (Å²) in [6.45, 7) is 2.00. The molecule has 0 aliphatic carbocycles. The summed E-state index contributed by atoms with van der Waals surface area (Å²) in [5.41, 5.74) is 2.20. The molecule has 1 saturated heterocycles. The molecule has 0 spiro atoms. The molecule has 0 radical (unpaired) electrons. The lowest BCUT2D eigenvalue weighted by atomic mass is 9.99. The molecule has 1 N–H and O–H groups in total. The zero-order valence-corrected chi connectivity index (χ0v) is 15.1. The quantitative estimate of drug-likeness (QED) is 0.858. The maximum Gasteiger partial charge on any atom is 0.234 e. The zero-order valence-electron chi connectivity index (χ0n) is 14.3. The summed E-state index contributed by atoms with van der Waals surface area (Å²) in [6.07, 6.45) is 6.00. The van der Waals surface area contributed by atoms with Gasteiger partial charge in [0.25, 0.3) is 0 Å². The number of pyridine rings is 1. The van der Waals surface area contributed by atoms with Crippen LogP contribution in [0.15, 0.2) is 48.7 Å². The Hall–Kier alpha value is -1.91. The standard InChI is InChI=1S/C20H24ClN3O/c21-17-7-5-6-16(14-17)10-12-23-20(25)15-24-13-4-2-9-19(24)18-8-1-3-11-22-18/h1,3,5-8,11,14,19H,2,4,9-10,12-13,15H2,(H,23,25)/t19-/m0/s1. The van der Waals surface area contributed by atoms with Crippen LogP contribution in [0.2, 0.25) is 5.02 Å². The minimum Gasteiger partial charge on any atom is -0.355 e. The summed E-state index contributed by atoms with van der Waals surface area (Å²) in [7, 11) is 0. The van der Waals surface area contributed by atoms with Crippen LogP contribution in [0.4, 0.5) is 0 Å². The highest BCUT2D eigenvalue weighted by Gasteiger charge is 2.26. The van der Waals surface area contributed by atoms with Gasteiger partial charge in [-0.15, -0.1) is 0 Å². The number of benzene rings is 1. The fourth-order valence-corrected chi connectivity index (χ4v) is 3.58. The summed E-state index contributed by atoms with van der Waals surface area (Å²) in [4.78, 5) is 19.1. The summed E-state index contributed by atoms with van der Waals surface area (Å²) < 4.78 is 0. The Kier molecular flexibility index (Phi) is 6.42. The first-order valence-electron chi connectivity index (χ1n) is 8.88. The predicted octanol–water partition coefficient (Wildman–Crippen LogP) is 3.62. The van der Waals surface area contributed by atoms with E-state index in [0.717, 1.165) is 42.1 Å². The second-order valence-electron chi connectivity index (χ2n) is 6.47. The van der Waals surface area contributed by atoms with E-state index in [9.17, 15) is 4.79 Å². The third-order valence-electron chi connectivity index (χ3n) is 4.61. The number of nitrogens with one attached hydrogen (secondary N) is 1. The van der Waals surface area contributed by atoms with Crippen LogP contribution in [0, 0.1) is 0 Å². The lowest BCUT2D eigenvalue weighted by Gasteiger charge is -2.34. The third kappa shape index (κ3) is 5.28. The lowest BCUT2D eigenvalue weighted by Crippen LogP contribution is -2.42. The van der Waals surface area contributed by atoms with Crippen LogP contribution in [-0.4, -0.2) is 35.4 Å². The van der Waals surface area contributed by atoms with Gasteiger partial charge in [-0.2, -0.15) is 0 Å². The van der Waals surface area contributed by atoms with E-state index in [2.05, 4.69) is 21.3 Å².